The second kappa shape index (κ2) is 14.5. The van der Waals surface area contributed by atoms with Gasteiger partial charge in [0.25, 0.3) is 5.91 Å². The molecule has 290 valence electrons. The summed E-state index contributed by atoms with van der Waals surface area (Å²) in [6.45, 7) is 2.40. The molecular formula is C35H43F6N7O4S. The Hall–Kier alpha value is -3.77. The van der Waals surface area contributed by atoms with Crippen molar-refractivity contribution in [3.63, 3.8) is 0 Å². The van der Waals surface area contributed by atoms with Crippen molar-refractivity contribution in [1.29, 1.82) is 0 Å². The van der Waals surface area contributed by atoms with Gasteiger partial charge >= 0.3 is 24.5 Å². The predicted molar refractivity (Wildman–Crippen MR) is 184 cm³/mol. The van der Waals surface area contributed by atoms with E-state index in [1.807, 2.05) is 11.4 Å². The van der Waals surface area contributed by atoms with Gasteiger partial charge in [-0.2, -0.15) is 26.3 Å². The van der Waals surface area contributed by atoms with E-state index in [0.29, 0.717) is 62.7 Å². The summed E-state index contributed by atoms with van der Waals surface area (Å²) in [5, 5.41) is 4.76. The average Bonchev–Trinajstić information content (AvgIpc) is 3.63. The maximum absolute atomic E-state index is 14.1. The number of ether oxygens (including phenoxy) is 1. The summed E-state index contributed by atoms with van der Waals surface area (Å²) in [5.41, 5.74) is 0.814. The van der Waals surface area contributed by atoms with Crippen LogP contribution in [0.25, 0.3) is 0 Å². The number of thiophene rings is 1. The molecular weight excluding hydrogens is 728 g/mol. The van der Waals surface area contributed by atoms with E-state index in [9.17, 15) is 40.7 Å². The van der Waals surface area contributed by atoms with Crippen LogP contribution in [0.4, 0.5) is 47.3 Å². The summed E-state index contributed by atoms with van der Waals surface area (Å²) < 4.78 is 89.1. The second-order valence-electron chi connectivity index (χ2n) is 14.7. The Labute approximate surface area is 307 Å². The van der Waals surface area contributed by atoms with Gasteiger partial charge in [-0.05, 0) is 74.7 Å². The third-order valence-corrected chi connectivity index (χ3v) is 12.6. The molecule has 2 bridgehead atoms. The third-order valence-electron chi connectivity index (χ3n) is 11.7. The van der Waals surface area contributed by atoms with Crippen LogP contribution in [0.2, 0.25) is 0 Å². The van der Waals surface area contributed by atoms with Crippen LogP contribution in [0.3, 0.4) is 0 Å². The van der Waals surface area contributed by atoms with E-state index in [4.69, 9.17) is 10.5 Å². The number of amides is 4. The fourth-order valence-electron chi connectivity index (χ4n) is 8.72. The number of benzene rings is 1. The summed E-state index contributed by atoms with van der Waals surface area (Å²) in [5.74, 6) is -0.688. The van der Waals surface area contributed by atoms with Crippen molar-refractivity contribution in [3.05, 3.63) is 45.1 Å². The number of likely N-dealkylation sites (tertiary alicyclic amines) is 1. The number of hydrogen-bond acceptors (Lipinski definition) is 8. The summed E-state index contributed by atoms with van der Waals surface area (Å²) >= 11 is 1.52. The number of rotatable bonds is 6. The van der Waals surface area contributed by atoms with Gasteiger partial charge in [0.2, 0.25) is 0 Å². The Kier molecular flexibility index (Phi) is 10.2. The maximum Gasteiger partial charge on any atom is 0.418 e. The number of nitrogen functional groups attached to an aromatic ring is 1. The summed E-state index contributed by atoms with van der Waals surface area (Å²) in [6.07, 6.45) is -8.57. The van der Waals surface area contributed by atoms with Crippen LogP contribution >= 0.6 is 11.3 Å². The number of nitrogens with one attached hydrogen (secondary N) is 1. The lowest BCUT2D eigenvalue weighted by atomic mass is 9.95. The Morgan fingerprint density at radius 2 is 1.49 bits per heavy atom. The molecule has 3 atom stereocenters. The van der Waals surface area contributed by atoms with E-state index in [2.05, 4.69) is 22.2 Å². The van der Waals surface area contributed by atoms with Gasteiger partial charge in [-0.15, -0.1) is 11.3 Å². The molecule has 1 aromatic carbocycles. The first-order valence-electron chi connectivity index (χ1n) is 18.0. The van der Waals surface area contributed by atoms with Crippen molar-refractivity contribution >= 4 is 40.7 Å². The number of halogens is 6. The molecule has 2 aromatic rings. The standard InChI is InChI=1S/C35H43F6N7O4S/c1-44-22-2-3-23(44)18-24(17-22)45-9-11-46(12-10-45)31(49)28(16-20-14-25(34(36,37)38)30(42)26(15-20)35(39,40)41)52-33(51)47-7-4-21(5-8-47)48-19-29-27(6-13-53-29)43-32(48)50/h6,13-15,21-24,28H,2-5,7-12,16-19,42H2,1H3,(H,43,50)/t22?,23?,24?,28-/m1/s1. The number of urea groups is 1. The van der Waals surface area contributed by atoms with Crippen LogP contribution in [0.1, 0.15) is 60.1 Å². The Balaban J connectivity index is 1.06. The quantitative estimate of drug-likeness (QED) is 0.287. The first-order valence-corrected chi connectivity index (χ1v) is 18.9. The first kappa shape index (κ1) is 37.5. The topological polar surface area (TPSA) is 115 Å². The van der Waals surface area contributed by atoms with Crippen molar-refractivity contribution in [1.82, 2.24) is 24.5 Å². The van der Waals surface area contributed by atoms with Crippen molar-refractivity contribution in [2.24, 2.45) is 0 Å². The van der Waals surface area contributed by atoms with Crippen LogP contribution in [0.5, 0.6) is 0 Å². The fourth-order valence-corrected chi connectivity index (χ4v) is 9.55. The molecule has 0 aliphatic carbocycles. The minimum absolute atomic E-state index is 0.168. The van der Waals surface area contributed by atoms with Crippen LogP contribution in [0, 0.1) is 0 Å². The smallest absolute Gasteiger partial charge is 0.418 e. The molecule has 5 aliphatic rings. The maximum atomic E-state index is 14.1. The molecule has 5 aliphatic heterocycles. The van der Waals surface area contributed by atoms with E-state index in [1.165, 1.54) is 21.1 Å². The Morgan fingerprint density at radius 3 is 2.08 bits per heavy atom. The van der Waals surface area contributed by atoms with Gasteiger partial charge in [0.15, 0.2) is 6.10 Å². The number of alkyl halides is 6. The van der Waals surface area contributed by atoms with E-state index >= 15 is 0 Å². The van der Waals surface area contributed by atoms with Crippen molar-refractivity contribution < 1.29 is 45.5 Å². The molecule has 0 radical (unpaired) electrons. The lowest BCUT2D eigenvalue weighted by Gasteiger charge is -2.45. The van der Waals surface area contributed by atoms with E-state index in [0.717, 1.165) is 36.2 Å². The molecule has 53 heavy (non-hydrogen) atoms. The van der Waals surface area contributed by atoms with Crippen molar-refractivity contribution in [2.75, 3.05) is 57.4 Å². The number of nitrogens with two attached hydrogens (primary N) is 1. The molecule has 1 aromatic heterocycles. The molecule has 4 saturated heterocycles. The van der Waals surface area contributed by atoms with Crippen LogP contribution in [0.15, 0.2) is 23.6 Å². The minimum Gasteiger partial charge on any atom is -0.436 e. The number of hydrogen-bond donors (Lipinski definition) is 2. The number of fused-ring (bicyclic) bond motifs is 3. The van der Waals surface area contributed by atoms with Gasteiger partial charge in [-0.1, -0.05) is 0 Å². The van der Waals surface area contributed by atoms with E-state index in [-0.39, 0.29) is 38.3 Å². The molecule has 4 amide bonds. The third kappa shape index (κ3) is 7.76. The van der Waals surface area contributed by atoms with E-state index < -0.39 is 59.3 Å². The molecule has 11 nitrogen and oxygen atoms in total. The van der Waals surface area contributed by atoms with Crippen LogP contribution in [-0.4, -0.2) is 119 Å². The van der Waals surface area contributed by atoms with Crippen LogP contribution < -0.4 is 11.1 Å². The van der Waals surface area contributed by atoms with Crippen molar-refractivity contribution in [3.8, 4) is 0 Å². The van der Waals surface area contributed by atoms with Gasteiger partial charge in [-0.25, -0.2) is 9.59 Å². The molecule has 4 fully saturated rings. The molecule has 6 heterocycles. The lowest BCUT2D eigenvalue weighted by molar-refractivity contribution is -0.143. The largest absolute Gasteiger partial charge is 0.436 e. The molecule has 2 unspecified atom stereocenters. The SMILES string of the molecule is CN1C2CCC1CC(N1CCN(C(=O)[C@@H](Cc3cc(C(F)(F)F)c(N)c(C(F)(F)F)c3)OC(=O)N3CCC(N4Cc5sccc5NC4=O)CC3)CC1)C2. The summed E-state index contributed by atoms with van der Waals surface area (Å²) in [7, 11) is 2.15. The zero-order valence-corrected chi connectivity index (χ0v) is 30.0. The number of nitrogens with zero attached hydrogens (tertiary/aromatic N) is 5. The van der Waals surface area contributed by atoms with Gasteiger partial charge in [0.05, 0.1) is 29.0 Å². The number of piperidine rings is 2. The fraction of sp³-hybridized carbons (Fsp3) is 0.629. The Morgan fingerprint density at radius 1 is 0.887 bits per heavy atom. The highest BCUT2D eigenvalue weighted by Gasteiger charge is 2.44. The van der Waals surface area contributed by atoms with E-state index in [1.54, 1.807) is 4.90 Å². The highest BCUT2D eigenvalue weighted by Crippen LogP contribution is 2.42. The Bertz CT molecular complexity index is 1660. The number of carbonyl (C=O) groups is 3. The minimum atomic E-state index is -5.21. The molecule has 18 heteroatoms. The summed E-state index contributed by atoms with van der Waals surface area (Å²) in [4.78, 5) is 50.7. The molecule has 0 saturated carbocycles. The van der Waals surface area contributed by atoms with Gasteiger partial charge in [0, 0.05) is 74.7 Å². The zero-order valence-electron chi connectivity index (χ0n) is 29.2. The molecule has 3 N–H and O–H groups in total. The number of piperazine rings is 1. The highest BCUT2D eigenvalue weighted by molar-refractivity contribution is 7.10. The lowest BCUT2D eigenvalue weighted by Crippen LogP contribution is -2.57. The predicted octanol–water partition coefficient (Wildman–Crippen LogP) is 5.70. The molecule has 7 rings (SSSR count). The highest BCUT2D eigenvalue weighted by atomic mass is 32.1. The summed E-state index contributed by atoms with van der Waals surface area (Å²) in [6, 6.07) is 3.77. The van der Waals surface area contributed by atoms with Crippen LogP contribution in [-0.2, 0) is 34.8 Å². The van der Waals surface area contributed by atoms with Gasteiger partial charge in [0.1, 0.15) is 0 Å². The van der Waals surface area contributed by atoms with Crippen molar-refractivity contribution in [2.45, 2.75) is 94.1 Å². The monoisotopic (exact) mass is 771 g/mol. The number of carbonyl (C=O) groups excluding carboxylic acids is 3. The van der Waals surface area contributed by atoms with Gasteiger partial charge < -0.3 is 35.4 Å². The average molecular weight is 772 g/mol. The first-order chi connectivity index (χ1) is 25.1. The number of anilines is 2. The zero-order chi connectivity index (χ0) is 37.8. The molecule has 0 spiro atoms. The normalized spacial score (nSPS) is 25.3. The van der Waals surface area contributed by atoms with Gasteiger partial charge in [-0.3, -0.25) is 9.69 Å². The second-order valence-corrected chi connectivity index (χ2v) is 15.7.